The molecule has 8 nitrogen and oxygen atoms in total. The Hall–Kier alpha value is -4.66. The molecule has 1 saturated heterocycles. The van der Waals surface area contributed by atoms with Gasteiger partial charge in [0.25, 0.3) is 0 Å². The highest BCUT2D eigenvalue weighted by atomic mass is 35.5. The Morgan fingerprint density at radius 3 is 2.25 bits per heavy atom. The molecule has 222 valence electrons. The number of esters is 1. The number of halogens is 1. The predicted molar refractivity (Wildman–Crippen MR) is 169 cm³/mol. The van der Waals surface area contributed by atoms with E-state index in [9.17, 15) is 14.4 Å². The standard InChI is InChI=1S/C35H29ClN2O6/c1-42-35(41)29-27-28-30(39)21-9-2-3-10-22(21)31(40)34(28)44-33(27)24-12-5-4-11-23(24)32(29)43-20-8-15-37-16-18-38(19-17-37)26-14-7-6-13-25(26)36/h2-7,9-14H,8,15-20H2,1H3. The molecule has 0 amide bonds. The molecule has 1 aliphatic heterocycles. The largest absolute Gasteiger partial charge is 0.492 e. The van der Waals surface area contributed by atoms with Crippen LogP contribution in [0.4, 0.5) is 5.69 Å². The maximum atomic E-state index is 13.8. The molecule has 2 aliphatic rings. The molecule has 9 heteroatoms. The van der Waals surface area contributed by atoms with Gasteiger partial charge in [-0.15, -0.1) is 0 Å². The third-order valence-electron chi connectivity index (χ3n) is 8.47. The summed E-state index contributed by atoms with van der Waals surface area (Å²) in [5.41, 5.74) is 2.03. The van der Waals surface area contributed by atoms with Gasteiger partial charge in [-0.25, -0.2) is 4.79 Å². The molecule has 0 N–H and O–H groups in total. The normalized spacial score (nSPS) is 15.0. The zero-order valence-corrected chi connectivity index (χ0v) is 24.9. The molecule has 7 rings (SSSR count). The Morgan fingerprint density at radius 2 is 1.52 bits per heavy atom. The minimum absolute atomic E-state index is 0.0658. The molecular weight excluding hydrogens is 580 g/mol. The van der Waals surface area contributed by atoms with E-state index >= 15 is 0 Å². The molecule has 0 atom stereocenters. The fraction of sp³-hybridized carbons (Fsp3) is 0.229. The maximum absolute atomic E-state index is 13.8. The van der Waals surface area contributed by atoms with Gasteiger partial charge in [0.05, 0.1) is 35.4 Å². The van der Waals surface area contributed by atoms with Gasteiger partial charge < -0.3 is 18.8 Å². The first kappa shape index (κ1) is 28.1. The van der Waals surface area contributed by atoms with E-state index in [2.05, 4.69) is 9.80 Å². The number of para-hydroxylation sites is 1. The lowest BCUT2D eigenvalue weighted by atomic mass is 9.85. The number of furan rings is 1. The zero-order valence-electron chi connectivity index (χ0n) is 24.1. The molecule has 0 radical (unpaired) electrons. The summed E-state index contributed by atoms with van der Waals surface area (Å²) in [5.74, 6) is -1.22. The van der Waals surface area contributed by atoms with Crippen molar-refractivity contribution in [2.75, 3.05) is 51.3 Å². The number of ketones is 2. The Kier molecular flexibility index (Phi) is 7.32. The quantitative estimate of drug-likeness (QED) is 0.152. The molecule has 0 spiro atoms. The van der Waals surface area contributed by atoms with Crippen molar-refractivity contribution in [3.8, 4) is 5.75 Å². The molecule has 0 unspecified atom stereocenters. The number of carbonyl (C=O) groups excluding carboxylic acids is 3. The highest BCUT2D eigenvalue weighted by Gasteiger charge is 2.38. The number of rotatable bonds is 7. The van der Waals surface area contributed by atoms with Gasteiger partial charge >= 0.3 is 5.97 Å². The topological polar surface area (TPSA) is 89.3 Å². The van der Waals surface area contributed by atoms with Crippen molar-refractivity contribution in [3.63, 3.8) is 0 Å². The highest BCUT2D eigenvalue weighted by molar-refractivity contribution is 6.35. The molecule has 2 heterocycles. The monoisotopic (exact) mass is 608 g/mol. The van der Waals surface area contributed by atoms with E-state index in [1.807, 2.05) is 48.5 Å². The summed E-state index contributed by atoms with van der Waals surface area (Å²) in [4.78, 5) is 45.3. The van der Waals surface area contributed by atoms with Crippen LogP contribution in [0.1, 0.15) is 48.8 Å². The number of hydrogen-bond donors (Lipinski definition) is 0. The molecule has 44 heavy (non-hydrogen) atoms. The van der Waals surface area contributed by atoms with Crippen LogP contribution in [0.3, 0.4) is 0 Å². The predicted octanol–water partition coefficient (Wildman–Crippen LogP) is 6.39. The van der Waals surface area contributed by atoms with Crippen LogP contribution in [0.25, 0.3) is 21.7 Å². The van der Waals surface area contributed by atoms with Crippen LogP contribution >= 0.6 is 11.6 Å². The van der Waals surface area contributed by atoms with Crippen LogP contribution in [0, 0.1) is 0 Å². The van der Waals surface area contributed by atoms with Crippen LogP contribution in [0.2, 0.25) is 5.02 Å². The van der Waals surface area contributed by atoms with Crippen molar-refractivity contribution in [1.82, 2.24) is 4.90 Å². The van der Waals surface area contributed by atoms with E-state index in [0.29, 0.717) is 29.5 Å². The first-order valence-corrected chi connectivity index (χ1v) is 15.0. The van der Waals surface area contributed by atoms with Crippen LogP contribution in [-0.2, 0) is 4.74 Å². The van der Waals surface area contributed by atoms with E-state index in [1.165, 1.54) is 7.11 Å². The maximum Gasteiger partial charge on any atom is 0.342 e. The van der Waals surface area contributed by atoms with Gasteiger partial charge in [-0.1, -0.05) is 72.3 Å². The van der Waals surface area contributed by atoms with Gasteiger partial charge in [0.15, 0.2) is 11.5 Å². The number of nitrogens with zero attached hydrogens (tertiary/aromatic N) is 2. The Morgan fingerprint density at radius 1 is 0.864 bits per heavy atom. The highest BCUT2D eigenvalue weighted by Crippen LogP contribution is 2.45. The molecule has 1 aliphatic carbocycles. The zero-order chi connectivity index (χ0) is 30.4. The second kappa shape index (κ2) is 11.4. The summed E-state index contributed by atoms with van der Waals surface area (Å²) < 4.78 is 17.7. The van der Waals surface area contributed by atoms with Crippen LogP contribution in [-0.4, -0.2) is 68.9 Å². The third kappa shape index (κ3) is 4.62. The number of carbonyl (C=O) groups is 3. The van der Waals surface area contributed by atoms with Crippen molar-refractivity contribution in [2.24, 2.45) is 0 Å². The average molecular weight is 609 g/mol. The van der Waals surface area contributed by atoms with E-state index < -0.39 is 11.8 Å². The van der Waals surface area contributed by atoms with Gasteiger partial charge in [-0.3, -0.25) is 14.5 Å². The summed E-state index contributed by atoms with van der Waals surface area (Å²) in [6.07, 6.45) is 0.716. The number of anilines is 1. The lowest BCUT2D eigenvalue weighted by Crippen LogP contribution is -2.46. The average Bonchev–Trinajstić information content (AvgIpc) is 3.47. The minimum Gasteiger partial charge on any atom is -0.492 e. The lowest BCUT2D eigenvalue weighted by Gasteiger charge is -2.36. The van der Waals surface area contributed by atoms with Crippen LogP contribution < -0.4 is 9.64 Å². The van der Waals surface area contributed by atoms with Crippen molar-refractivity contribution in [1.29, 1.82) is 0 Å². The van der Waals surface area contributed by atoms with Crippen molar-refractivity contribution in [2.45, 2.75) is 6.42 Å². The molecule has 4 aromatic carbocycles. The third-order valence-corrected chi connectivity index (χ3v) is 8.79. The molecular formula is C35H29ClN2O6. The van der Waals surface area contributed by atoms with Gasteiger partial charge in [0, 0.05) is 54.6 Å². The smallest absolute Gasteiger partial charge is 0.342 e. The van der Waals surface area contributed by atoms with Gasteiger partial charge in [0.2, 0.25) is 5.78 Å². The van der Waals surface area contributed by atoms with Gasteiger partial charge in [-0.05, 0) is 18.6 Å². The minimum atomic E-state index is -0.672. The SMILES string of the molecule is COC(=O)c1c(OCCCN2CCN(c3ccccc3Cl)CC2)c2ccccc2c2oc3c(c12)C(=O)c1ccccc1C3=O. The van der Waals surface area contributed by atoms with Crippen LogP contribution in [0.5, 0.6) is 5.75 Å². The lowest BCUT2D eigenvalue weighted by molar-refractivity contribution is 0.0598. The Balaban J connectivity index is 1.18. The molecule has 1 aromatic heterocycles. The van der Waals surface area contributed by atoms with Crippen molar-refractivity contribution in [3.05, 3.63) is 106 Å². The van der Waals surface area contributed by atoms with Crippen LogP contribution in [0.15, 0.2) is 77.2 Å². The molecule has 1 fully saturated rings. The summed E-state index contributed by atoms with van der Waals surface area (Å²) in [7, 11) is 1.28. The van der Waals surface area contributed by atoms with Crippen molar-refractivity contribution >= 4 is 56.6 Å². The Bertz CT molecular complexity index is 1960. The molecule has 5 aromatic rings. The molecule has 0 saturated carbocycles. The second-order valence-corrected chi connectivity index (χ2v) is 11.3. The number of hydrogen-bond acceptors (Lipinski definition) is 8. The molecule has 0 bridgehead atoms. The first-order valence-electron chi connectivity index (χ1n) is 14.6. The van der Waals surface area contributed by atoms with E-state index in [-0.39, 0.29) is 44.8 Å². The number of fused-ring (bicyclic) bond motifs is 6. The summed E-state index contributed by atoms with van der Waals surface area (Å²) in [6.45, 7) is 4.69. The number of benzene rings is 4. The van der Waals surface area contributed by atoms with E-state index in [4.69, 9.17) is 25.5 Å². The van der Waals surface area contributed by atoms with Crippen molar-refractivity contribution < 1.29 is 28.3 Å². The fourth-order valence-corrected chi connectivity index (χ4v) is 6.58. The number of methoxy groups -OCH3 is 1. The second-order valence-electron chi connectivity index (χ2n) is 10.9. The Labute approximate surface area is 258 Å². The van der Waals surface area contributed by atoms with E-state index in [0.717, 1.165) is 43.4 Å². The number of ether oxygens (including phenoxy) is 2. The first-order chi connectivity index (χ1) is 21.5. The summed E-state index contributed by atoms with van der Waals surface area (Å²) in [6, 6.07) is 21.9. The van der Waals surface area contributed by atoms with E-state index in [1.54, 1.807) is 24.3 Å². The van der Waals surface area contributed by atoms with Gasteiger partial charge in [-0.2, -0.15) is 0 Å². The van der Waals surface area contributed by atoms with Gasteiger partial charge in [0.1, 0.15) is 16.9 Å². The summed E-state index contributed by atoms with van der Waals surface area (Å²) >= 11 is 6.40. The fourth-order valence-electron chi connectivity index (χ4n) is 6.33. The number of piperazine rings is 1. The summed E-state index contributed by atoms with van der Waals surface area (Å²) in [5, 5.41) is 2.27.